The fourth-order valence-corrected chi connectivity index (χ4v) is 9.46. The second-order valence-electron chi connectivity index (χ2n) is 6.38. The van der Waals surface area contributed by atoms with E-state index in [9.17, 15) is 0 Å². The largest absolute Gasteiger partial charge is 0.139 e. The molecule has 0 saturated carbocycles. The molecule has 2 aromatic carbocycles. The fraction of sp³-hybridized carbons (Fsp3) is 0.333. The van der Waals surface area contributed by atoms with E-state index in [1.165, 1.54) is 22.3 Å². The Morgan fingerprint density at radius 2 is 1.27 bits per heavy atom. The summed E-state index contributed by atoms with van der Waals surface area (Å²) in [5.74, 6) is 0. The number of aryl methyl sites for hydroxylation is 1. The third kappa shape index (κ3) is 3.13. The predicted octanol–water partition coefficient (Wildman–Crippen LogP) is 10.2. The molecule has 0 amide bonds. The lowest BCUT2D eigenvalue weighted by Crippen LogP contribution is -2.36. The van der Waals surface area contributed by atoms with Crippen LogP contribution in [0.1, 0.15) is 27.8 Å². The highest BCUT2D eigenvalue weighted by atomic mass is 79.9. The van der Waals surface area contributed by atoms with Gasteiger partial charge in [0.1, 0.15) is 9.70 Å². The van der Waals surface area contributed by atoms with Crippen LogP contribution in [-0.2, 0) is 6.47 Å². The smallest absolute Gasteiger partial charge is 0.0669 e. The predicted molar refractivity (Wildman–Crippen MR) is 141 cm³/mol. The van der Waals surface area contributed by atoms with E-state index in [2.05, 4.69) is 166 Å². The van der Waals surface area contributed by atoms with Crippen molar-refractivity contribution in [1.29, 1.82) is 0 Å². The minimum absolute atomic E-state index is 0.541. The van der Waals surface area contributed by atoms with Gasteiger partial charge in [0.2, 0.25) is 0 Å². The van der Waals surface area contributed by atoms with E-state index in [0.29, 0.717) is 0 Å². The summed E-state index contributed by atoms with van der Waals surface area (Å²) >= 11 is 30.8. The van der Waals surface area contributed by atoms with E-state index < -0.39 is 9.70 Å². The van der Waals surface area contributed by atoms with Crippen molar-refractivity contribution in [2.45, 2.75) is 30.5 Å². The van der Waals surface area contributed by atoms with Crippen LogP contribution in [0.2, 0.25) is 0 Å². The summed E-state index contributed by atoms with van der Waals surface area (Å²) in [7, 11) is 0. The third-order valence-electron chi connectivity index (χ3n) is 5.00. The first-order chi connectivity index (χ1) is 11.8. The molecule has 0 unspecified atom stereocenters. The number of fused-ring (bicyclic) bond motifs is 1. The van der Waals surface area contributed by atoms with E-state index in [0.717, 1.165) is 25.6 Å². The van der Waals surface area contributed by atoms with E-state index in [1.54, 1.807) is 0 Å². The van der Waals surface area contributed by atoms with Gasteiger partial charge in [-0.25, -0.2) is 0 Å². The lowest BCUT2D eigenvalue weighted by Gasteiger charge is -2.34. The Kier molecular flexibility index (Phi) is 6.58. The maximum absolute atomic E-state index is 3.88. The van der Waals surface area contributed by atoms with Crippen LogP contribution in [0, 0.1) is 20.8 Å². The number of benzene rings is 2. The van der Waals surface area contributed by atoms with Crippen molar-refractivity contribution in [3.63, 3.8) is 0 Å². The van der Waals surface area contributed by atoms with Crippen molar-refractivity contribution in [3.05, 3.63) is 55.0 Å². The molecular weight excluding hydrogens is 855 g/mol. The summed E-state index contributed by atoms with van der Waals surface area (Å²) in [6.45, 7) is 6.50. The maximum Gasteiger partial charge on any atom is 0.139 e. The Balaban J connectivity index is 2.40. The SMILES string of the molecule is Cc1ccc(-c2cc3c(c(Br)c2Br)C(Br)(Br)C(Br)(Br)C3(Br)Br)c(C)c1C. The molecule has 0 fully saturated rings. The van der Waals surface area contributed by atoms with Gasteiger partial charge in [-0.15, -0.1) is 0 Å². The second-order valence-corrected chi connectivity index (χ2v) is 18.3. The van der Waals surface area contributed by atoms with Gasteiger partial charge in [0.05, 0.1) is 0 Å². The average Bonchev–Trinajstić information content (AvgIpc) is 2.64. The van der Waals surface area contributed by atoms with Crippen LogP contribution >= 0.6 is 127 Å². The molecule has 26 heavy (non-hydrogen) atoms. The minimum atomic E-state index is -0.554. The van der Waals surface area contributed by atoms with Crippen LogP contribution < -0.4 is 0 Å². The van der Waals surface area contributed by atoms with Gasteiger partial charge in [0.25, 0.3) is 0 Å². The molecule has 0 aliphatic heterocycles. The number of hydrogen-bond donors (Lipinski definition) is 0. The van der Waals surface area contributed by atoms with Gasteiger partial charge in [-0.3, -0.25) is 0 Å². The van der Waals surface area contributed by atoms with Gasteiger partial charge in [-0.2, -0.15) is 0 Å². The van der Waals surface area contributed by atoms with Crippen LogP contribution in [-0.4, -0.2) is 3.23 Å². The van der Waals surface area contributed by atoms with E-state index in [-0.39, 0.29) is 0 Å². The summed E-state index contributed by atoms with van der Waals surface area (Å²) in [4.78, 5) is 0. The maximum atomic E-state index is 3.88. The Bertz CT molecular complexity index is 928. The molecule has 0 radical (unpaired) electrons. The van der Waals surface area contributed by atoms with Crippen LogP contribution in [0.25, 0.3) is 11.1 Å². The molecule has 0 heterocycles. The monoisotopic (exact) mass is 859 g/mol. The van der Waals surface area contributed by atoms with Crippen molar-refractivity contribution < 1.29 is 0 Å². The molecular formula is C18H12Br8. The summed E-state index contributed by atoms with van der Waals surface area (Å²) in [5, 5.41) is 0. The zero-order chi connectivity index (χ0) is 19.8. The second kappa shape index (κ2) is 7.45. The third-order valence-corrected chi connectivity index (χ3v) is 17.8. The molecule has 0 saturated heterocycles. The first kappa shape index (κ1) is 23.0. The van der Waals surface area contributed by atoms with Gasteiger partial charge >= 0.3 is 0 Å². The minimum Gasteiger partial charge on any atom is -0.0669 e. The Morgan fingerprint density at radius 1 is 0.692 bits per heavy atom. The first-order valence-corrected chi connectivity index (χ1v) is 13.8. The first-order valence-electron chi connectivity index (χ1n) is 7.50. The molecule has 1 aliphatic carbocycles. The Labute approximate surface area is 221 Å². The summed E-state index contributed by atoms with van der Waals surface area (Å²) in [6.07, 6.45) is 0. The molecule has 2 aromatic rings. The van der Waals surface area contributed by atoms with E-state index >= 15 is 0 Å². The standard InChI is InChI=1S/C18H12Br8/c1-7-4-5-10(9(3)8(7)2)11-6-12-13(15(20)14(11)19)17(23,24)18(25,26)16(12,21)22/h4-6H,1-3H3. The summed E-state index contributed by atoms with van der Waals surface area (Å²) in [6, 6.07) is 6.60. The number of rotatable bonds is 1. The quantitative estimate of drug-likeness (QED) is 0.251. The molecule has 1 aliphatic rings. The molecule has 140 valence electrons. The molecule has 3 rings (SSSR count). The fourth-order valence-electron chi connectivity index (χ4n) is 3.15. The van der Waals surface area contributed by atoms with Crippen LogP contribution in [0.3, 0.4) is 0 Å². The van der Waals surface area contributed by atoms with Gasteiger partial charge in [0.15, 0.2) is 0 Å². The Hall–Kier alpha value is 2.28. The van der Waals surface area contributed by atoms with Crippen molar-refractivity contribution >= 4 is 127 Å². The van der Waals surface area contributed by atoms with Crippen LogP contribution in [0.4, 0.5) is 0 Å². The highest BCUT2D eigenvalue weighted by molar-refractivity contribution is 9.32. The van der Waals surface area contributed by atoms with Gasteiger partial charge in [0, 0.05) is 14.5 Å². The van der Waals surface area contributed by atoms with E-state index in [1.807, 2.05) is 0 Å². The van der Waals surface area contributed by atoms with E-state index in [4.69, 9.17) is 0 Å². The van der Waals surface area contributed by atoms with Crippen molar-refractivity contribution in [1.82, 2.24) is 0 Å². The van der Waals surface area contributed by atoms with Crippen LogP contribution in [0.5, 0.6) is 0 Å². The molecule has 0 aromatic heterocycles. The summed E-state index contributed by atoms with van der Waals surface area (Å²) in [5.41, 5.74) is 8.49. The summed E-state index contributed by atoms with van der Waals surface area (Å²) < 4.78 is 0.384. The zero-order valence-corrected chi connectivity index (χ0v) is 26.4. The highest BCUT2D eigenvalue weighted by Gasteiger charge is 2.66. The Morgan fingerprint density at radius 3 is 1.85 bits per heavy atom. The lowest BCUT2D eigenvalue weighted by molar-refractivity contribution is 0.818. The molecule has 8 heteroatoms. The number of halogens is 8. The molecule has 0 bridgehead atoms. The van der Waals surface area contributed by atoms with Gasteiger partial charge < -0.3 is 0 Å². The highest BCUT2D eigenvalue weighted by Crippen LogP contribution is 2.75. The van der Waals surface area contributed by atoms with Crippen molar-refractivity contribution in [3.8, 4) is 11.1 Å². The topological polar surface area (TPSA) is 0 Å². The van der Waals surface area contributed by atoms with Crippen molar-refractivity contribution in [2.24, 2.45) is 0 Å². The van der Waals surface area contributed by atoms with Gasteiger partial charge in [-0.1, -0.05) is 108 Å². The molecule has 0 nitrogen and oxygen atoms in total. The van der Waals surface area contributed by atoms with Gasteiger partial charge in [-0.05, 0) is 92.1 Å². The van der Waals surface area contributed by atoms with Crippen molar-refractivity contribution in [2.75, 3.05) is 0 Å². The lowest BCUT2D eigenvalue weighted by atomic mass is 9.92. The average molecular weight is 868 g/mol. The van der Waals surface area contributed by atoms with Crippen LogP contribution in [0.15, 0.2) is 27.1 Å². The molecule has 0 N–H and O–H groups in total. The zero-order valence-electron chi connectivity index (χ0n) is 13.8. The number of hydrogen-bond acceptors (Lipinski definition) is 0. The molecule has 0 atom stereocenters. The normalized spacial score (nSPS) is 19.5. The molecule has 0 spiro atoms. The number of alkyl halides is 6.